The Morgan fingerprint density at radius 3 is 2.78 bits per heavy atom. The van der Waals surface area contributed by atoms with Crippen LogP contribution in [0.5, 0.6) is 0 Å². The zero-order valence-electron chi connectivity index (χ0n) is 13.4. The lowest BCUT2D eigenvalue weighted by atomic mass is 10.1. The molecule has 1 unspecified atom stereocenters. The first kappa shape index (κ1) is 17.0. The highest BCUT2D eigenvalue weighted by molar-refractivity contribution is 5.96. The number of fused-ring (bicyclic) bond motifs is 1. The standard InChI is InChI=1S/C16H21N3O4/c1-16(2,3)23-9-6-12(15(21)22)18-14(20)11-4-5-13-17-7-8-19(13)10-11/h4-5,7-8,10,12H,6,9H2,1-3H3,(H,18,20)(H,21,22). The van der Waals surface area contributed by atoms with Gasteiger partial charge in [-0.1, -0.05) is 0 Å². The molecule has 2 heterocycles. The number of aromatic nitrogens is 2. The van der Waals surface area contributed by atoms with Crippen LogP contribution in [0.4, 0.5) is 0 Å². The van der Waals surface area contributed by atoms with Crippen molar-refractivity contribution in [1.82, 2.24) is 14.7 Å². The van der Waals surface area contributed by atoms with Crippen LogP contribution in [0, 0.1) is 0 Å². The van der Waals surface area contributed by atoms with Crippen LogP contribution in [-0.4, -0.2) is 44.6 Å². The van der Waals surface area contributed by atoms with Gasteiger partial charge in [0.1, 0.15) is 11.7 Å². The average Bonchev–Trinajstić information content (AvgIpc) is 2.91. The highest BCUT2D eigenvalue weighted by Gasteiger charge is 2.22. The van der Waals surface area contributed by atoms with Gasteiger partial charge in [-0.25, -0.2) is 9.78 Å². The van der Waals surface area contributed by atoms with Crippen LogP contribution < -0.4 is 5.32 Å². The van der Waals surface area contributed by atoms with E-state index in [4.69, 9.17) is 4.74 Å². The molecule has 0 aliphatic rings. The second kappa shape index (κ2) is 6.78. The van der Waals surface area contributed by atoms with Crippen molar-refractivity contribution in [2.24, 2.45) is 0 Å². The fraction of sp³-hybridized carbons (Fsp3) is 0.438. The molecule has 0 saturated carbocycles. The number of amides is 1. The van der Waals surface area contributed by atoms with Gasteiger partial charge in [-0.05, 0) is 32.9 Å². The molecule has 0 radical (unpaired) electrons. The molecule has 0 aromatic carbocycles. The maximum absolute atomic E-state index is 12.2. The minimum absolute atomic E-state index is 0.200. The Morgan fingerprint density at radius 2 is 2.13 bits per heavy atom. The van der Waals surface area contributed by atoms with E-state index in [0.717, 1.165) is 5.65 Å². The van der Waals surface area contributed by atoms with Crippen LogP contribution in [0.2, 0.25) is 0 Å². The molecule has 2 aromatic heterocycles. The number of ether oxygens (including phenoxy) is 1. The van der Waals surface area contributed by atoms with Crippen LogP contribution in [0.15, 0.2) is 30.7 Å². The van der Waals surface area contributed by atoms with E-state index in [9.17, 15) is 14.7 Å². The number of carbonyl (C=O) groups excluding carboxylic acids is 1. The largest absolute Gasteiger partial charge is 0.480 e. The Labute approximate surface area is 134 Å². The number of carboxylic acids is 1. The zero-order chi connectivity index (χ0) is 17.0. The Balaban J connectivity index is 2.00. The van der Waals surface area contributed by atoms with E-state index < -0.39 is 17.9 Å². The SMILES string of the molecule is CC(C)(C)OCCC(NC(=O)c1ccc2nccn2c1)C(=O)O. The molecule has 0 bridgehead atoms. The topological polar surface area (TPSA) is 92.9 Å². The van der Waals surface area contributed by atoms with Crippen LogP contribution in [0.25, 0.3) is 5.65 Å². The summed E-state index contributed by atoms with van der Waals surface area (Å²) in [5.74, 6) is -1.52. The van der Waals surface area contributed by atoms with Gasteiger partial charge in [-0.3, -0.25) is 4.79 Å². The summed E-state index contributed by atoms with van der Waals surface area (Å²) in [6, 6.07) is 2.32. The van der Waals surface area contributed by atoms with E-state index in [1.54, 1.807) is 35.1 Å². The van der Waals surface area contributed by atoms with E-state index in [0.29, 0.717) is 5.56 Å². The third-order valence-electron chi connectivity index (χ3n) is 3.20. The summed E-state index contributed by atoms with van der Waals surface area (Å²) in [6.45, 7) is 5.92. The van der Waals surface area contributed by atoms with Crippen molar-refractivity contribution in [3.63, 3.8) is 0 Å². The molecule has 0 aliphatic carbocycles. The van der Waals surface area contributed by atoms with Gasteiger partial charge in [0.15, 0.2) is 0 Å². The van der Waals surface area contributed by atoms with Crippen molar-refractivity contribution in [3.05, 3.63) is 36.3 Å². The summed E-state index contributed by atoms with van der Waals surface area (Å²) in [5, 5.41) is 11.8. The first-order valence-corrected chi connectivity index (χ1v) is 7.36. The number of carbonyl (C=O) groups is 2. The first-order valence-electron chi connectivity index (χ1n) is 7.36. The lowest BCUT2D eigenvalue weighted by molar-refractivity contribution is -0.140. The summed E-state index contributed by atoms with van der Waals surface area (Å²) in [5.41, 5.74) is 0.743. The highest BCUT2D eigenvalue weighted by atomic mass is 16.5. The number of rotatable bonds is 6. The second-order valence-electron chi connectivity index (χ2n) is 6.22. The molecule has 0 fully saturated rings. The van der Waals surface area contributed by atoms with Gasteiger partial charge in [0, 0.05) is 31.6 Å². The van der Waals surface area contributed by atoms with E-state index >= 15 is 0 Å². The van der Waals surface area contributed by atoms with Crippen molar-refractivity contribution >= 4 is 17.5 Å². The predicted molar refractivity (Wildman–Crippen MR) is 84.4 cm³/mol. The molecule has 0 saturated heterocycles. The third-order valence-corrected chi connectivity index (χ3v) is 3.20. The van der Waals surface area contributed by atoms with Gasteiger partial charge in [0.2, 0.25) is 0 Å². The summed E-state index contributed by atoms with van der Waals surface area (Å²) in [7, 11) is 0. The molecule has 1 atom stereocenters. The lowest BCUT2D eigenvalue weighted by Crippen LogP contribution is -2.42. The van der Waals surface area contributed by atoms with Crippen molar-refractivity contribution < 1.29 is 19.4 Å². The molecular formula is C16H21N3O4. The zero-order valence-corrected chi connectivity index (χ0v) is 13.4. The third kappa shape index (κ3) is 4.79. The van der Waals surface area contributed by atoms with Crippen LogP contribution >= 0.6 is 0 Å². The Bertz CT molecular complexity index is 703. The molecule has 2 N–H and O–H groups in total. The number of hydrogen-bond acceptors (Lipinski definition) is 4. The van der Waals surface area contributed by atoms with Gasteiger partial charge in [0.05, 0.1) is 11.2 Å². The molecule has 2 aromatic rings. The Hall–Kier alpha value is -2.41. The maximum Gasteiger partial charge on any atom is 0.326 e. The van der Waals surface area contributed by atoms with Gasteiger partial charge < -0.3 is 19.6 Å². The second-order valence-corrected chi connectivity index (χ2v) is 6.22. The molecule has 2 rings (SSSR count). The molecule has 7 nitrogen and oxygen atoms in total. The normalized spacial score (nSPS) is 13.0. The fourth-order valence-corrected chi connectivity index (χ4v) is 2.04. The number of nitrogens with one attached hydrogen (secondary N) is 1. The van der Waals surface area contributed by atoms with E-state index in [1.165, 1.54) is 0 Å². The maximum atomic E-state index is 12.2. The van der Waals surface area contributed by atoms with Crippen molar-refractivity contribution in [2.45, 2.75) is 38.8 Å². The number of nitrogens with zero attached hydrogens (tertiary/aromatic N) is 2. The smallest absolute Gasteiger partial charge is 0.326 e. The quantitative estimate of drug-likeness (QED) is 0.845. The number of aliphatic carboxylic acids is 1. The molecule has 0 spiro atoms. The molecule has 23 heavy (non-hydrogen) atoms. The minimum atomic E-state index is -1.08. The van der Waals surface area contributed by atoms with Gasteiger partial charge in [0.25, 0.3) is 5.91 Å². The lowest BCUT2D eigenvalue weighted by Gasteiger charge is -2.21. The van der Waals surface area contributed by atoms with Crippen molar-refractivity contribution in [1.29, 1.82) is 0 Å². The van der Waals surface area contributed by atoms with Crippen LogP contribution in [0.3, 0.4) is 0 Å². The first-order chi connectivity index (χ1) is 10.8. The van der Waals surface area contributed by atoms with Crippen molar-refractivity contribution in [3.8, 4) is 0 Å². The molecular weight excluding hydrogens is 298 g/mol. The van der Waals surface area contributed by atoms with Crippen molar-refractivity contribution in [2.75, 3.05) is 6.61 Å². The van der Waals surface area contributed by atoms with Gasteiger partial charge in [-0.2, -0.15) is 0 Å². The molecule has 0 aliphatic heterocycles. The van der Waals surface area contributed by atoms with E-state index in [1.807, 2.05) is 20.8 Å². The minimum Gasteiger partial charge on any atom is -0.480 e. The van der Waals surface area contributed by atoms with E-state index in [2.05, 4.69) is 10.3 Å². The number of carboxylic acid groups (broad SMARTS) is 1. The Kier molecular flexibility index (Phi) is 5.00. The van der Waals surface area contributed by atoms with Gasteiger partial charge >= 0.3 is 5.97 Å². The average molecular weight is 319 g/mol. The molecule has 1 amide bonds. The summed E-state index contributed by atoms with van der Waals surface area (Å²) < 4.78 is 7.22. The molecule has 7 heteroatoms. The summed E-state index contributed by atoms with van der Waals surface area (Å²) in [4.78, 5) is 27.6. The molecule has 124 valence electrons. The monoisotopic (exact) mass is 319 g/mol. The number of hydrogen-bond donors (Lipinski definition) is 2. The Morgan fingerprint density at radius 1 is 1.39 bits per heavy atom. The van der Waals surface area contributed by atoms with Crippen LogP contribution in [-0.2, 0) is 9.53 Å². The van der Waals surface area contributed by atoms with E-state index in [-0.39, 0.29) is 18.6 Å². The number of imidazole rings is 1. The van der Waals surface area contributed by atoms with Crippen LogP contribution in [0.1, 0.15) is 37.6 Å². The van der Waals surface area contributed by atoms with Gasteiger partial charge in [-0.15, -0.1) is 0 Å². The number of pyridine rings is 1. The summed E-state index contributed by atoms with van der Waals surface area (Å²) >= 11 is 0. The summed E-state index contributed by atoms with van der Waals surface area (Å²) in [6.07, 6.45) is 5.16. The highest BCUT2D eigenvalue weighted by Crippen LogP contribution is 2.09. The predicted octanol–water partition coefficient (Wildman–Crippen LogP) is 1.72. The fourth-order valence-electron chi connectivity index (χ4n) is 2.04.